The van der Waals surface area contributed by atoms with Gasteiger partial charge in [-0.05, 0) is 24.4 Å². The van der Waals surface area contributed by atoms with E-state index in [9.17, 15) is 14.9 Å². The van der Waals surface area contributed by atoms with Gasteiger partial charge in [0.25, 0.3) is 5.69 Å². The van der Waals surface area contributed by atoms with Crippen molar-refractivity contribution in [1.82, 2.24) is 0 Å². The minimum absolute atomic E-state index is 0.138. The van der Waals surface area contributed by atoms with Crippen LogP contribution < -0.4 is 9.47 Å². The van der Waals surface area contributed by atoms with Gasteiger partial charge in [0.05, 0.1) is 30.8 Å². The largest absolute Gasteiger partial charge is 0.493 e. The Bertz CT molecular complexity index is 696. The average molecular weight is 473 g/mol. The van der Waals surface area contributed by atoms with Crippen LogP contribution in [0.4, 0.5) is 5.69 Å². The predicted molar refractivity (Wildman–Crippen MR) is 112 cm³/mol. The minimum Gasteiger partial charge on any atom is -0.493 e. The molecule has 1 unspecified atom stereocenters. The van der Waals surface area contributed by atoms with Crippen LogP contribution in [0.1, 0.15) is 44.8 Å². The summed E-state index contributed by atoms with van der Waals surface area (Å²) in [5.74, 6) is -0.122. The number of nitro benzene ring substituents is 1. The third-order valence-electron chi connectivity index (χ3n) is 3.99. The Balaban J connectivity index is 3.02. The minimum atomic E-state index is -2.71. The maximum Gasteiger partial charge on any atom is 0.341 e. The summed E-state index contributed by atoms with van der Waals surface area (Å²) in [6.07, 6.45) is 0.439. The Kier molecular flexibility index (Phi) is 9.83. The van der Waals surface area contributed by atoms with E-state index in [0.717, 1.165) is 0 Å². The number of methoxy groups -OCH3 is 2. The Morgan fingerprint density at radius 2 is 1.71 bits per heavy atom. The molecule has 0 spiro atoms. The van der Waals surface area contributed by atoms with Crippen molar-refractivity contribution in [2.24, 2.45) is 5.92 Å². The zero-order chi connectivity index (χ0) is 21.5. The van der Waals surface area contributed by atoms with Crippen LogP contribution in [0.5, 0.6) is 11.5 Å². The smallest absolute Gasteiger partial charge is 0.341 e. The van der Waals surface area contributed by atoms with E-state index >= 15 is 0 Å². The first-order valence-corrected chi connectivity index (χ1v) is 13.9. The molecule has 1 rings (SSSR count). The highest BCUT2D eigenvalue weighted by molar-refractivity contribution is 7.64. The van der Waals surface area contributed by atoms with Gasteiger partial charge in [-0.15, -0.1) is 33.2 Å². The van der Waals surface area contributed by atoms with E-state index < -0.39 is 23.0 Å². The second-order valence-corrected chi connectivity index (χ2v) is 15.8. The molecule has 1 atom stereocenters. The Morgan fingerprint density at radius 3 is 2.18 bits per heavy atom. The summed E-state index contributed by atoms with van der Waals surface area (Å²) in [5, 5.41) is 11.5. The van der Waals surface area contributed by atoms with Gasteiger partial charge in [-0.3, -0.25) is 14.9 Å². The molecule has 0 aliphatic heterocycles. The van der Waals surface area contributed by atoms with Gasteiger partial charge in [-0.2, -0.15) is 0 Å². The average Bonchev–Trinajstić information content (AvgIpc) is 2.61. The standard InChI is InChI=1S/C17H24Cl3NO6Si/c1-11(2)17(27-16(22)7-5-6-8-28(18,19)20)12-9-14(25-3)15(26-4)10-13(12)21(23)24/h9-11,17H,5-8H2,1-4H3. The number of carbonyl (C=O) groups is 1. The van der Waals surface area contributed by atoms with Crippen molar-refractivity contribution >= 4 is 50.9 Å². The topological polar surface area (TPSA) is 87.9 Å². The van der Waals surface area contributed by atoms with Crippen molar-refractivity contribution < 1.29 is 23.9 Å². The number of carbonyl (C=O) groups excluding carboxylic acids is 1. The van der Waals surface area contributed by atoms with Gasteiger partial charge in [-0.25, -0.2) is 0 Å². The molecule has 28 heavy (non-hydrogen) atoms. The van der Waals surface area contributed by atoms with E-state index in [1.54, 1.807) is 0 Å². The number of halogens is 3. The highest BCUT2D eigenvalue weighted by Crippen LogP contribution is 2.41. The number of hydrogen-bond acceptors (Lipinski definition) is 6. The molecule has 0 saturated heterocycles. The number of nitro groups is 1. The first kappa shape index (κ1) is 24.8. The first-order valence-electron chi connectivity index (χ1n) is 8.66. The Labute approximate surface area is 179 Å². The maximum absolute atomic E-state index is 12.3. The van der Waals surface area contributed by atoms with Crippen LogP contribution in [-0.2, 0) is 9.53 Å². The molecule has 158 valence electrons. The zero-order valence-corrected chi connectivity index (χ0v) is 19.4. The lowest BCUT2D eigenvalue weighted by Crippen LogP contribution is -2.18. The highest BCUT2D eigenvalue weighted by atomic mass is 35.8. The van der Waals surface area contributed by atoms with Gasteiger partial charge in [0.2, 0.25) is 0 Å². The van der Waals surface area contributed by atoms with Crippen molar-refractivity contribution in [1.29, 1.82) is 0 Å². The normalized spacial score (nSPS) is 12.6. The second kappa shape index (κ2) is 11.1. The molecule has 0 amide bonds. The molecule has 1 aromatic rings. The quantitative estimate of drug-likeness (QED) is 0.103. The summed E-state index contributed by atoms with van der Waals surface area (Å²) >= 11 is 17.5. The van der Waals surface area contributed by atoms with Gasteiger partial charge in [0.1, 0.15) is 6.10 Å². The number of esters is 1. The van der Waals surface area contributed by atoms with Crippen LogP contribution >= 0.6 is 33.2 Å². The van der Waals surface area contributed by atoms with Crippen molar-refractivity contribution in [3.05, 3.63) is 27.8 Å². The van der Waals surface area contributed by atoms with Crippen LogP contribution in [-0.4, -0.2) is 31.1 Å². The van der Waals surface area contributed by atoms with E-state index in [0.29, 0.717) is 24.6 Å². The van der Waals surface area contributed by atoms with Gasteiger partial charge < -0.3 is 14.2 Å². The number of unbranched alkanes of at least 4 members (excludes halogenated alkanes) is 1. The zero-order valence-electron chi connectivity index (χ0n) is 16.2. The molecule has 0 bridgehead atoms. The molecule has 0 heterocycles. The summed E-state index contributed by atoms with van der Waals surface area (Å²) in [6.45, 7) is 3.62. The molecule has 7 nitrogen and oxygen atoms in total. The van der Waals surface area contributed by atoms with Gasteiger partial charge in [0.15, 0.2) is 11.5 Å². The summed E-state index contributed by atoms with van der Waals surface area (Å²) in [4.78, 5) is 23.3. The van der Waals surface area contributed by atoms with Crippen LogP contribution in [0.2, 0.25) is 6.04 Å². The van der Waals surface area contributed by atoms with Crippen molar-refractivity contribution in [3.63, 3.8) is 0 Å². The molecule has 0 aliphatic carbocycles. The first-order chi connectivity index (χ1) is 13.0. The van der Waals surface area contributed by atoms with Gasteiger partial charge in [-0.1, -0.05) is 20.3 Å². The SMILES string of the molecule is COc1cc(C(OC(=O)CCCC[Si](Cl)(Cl)Cl)C(C)C)c([N+](=O)[O-])cc1OC. The van der Waals surface area contributed by atoms with Crippen LogP contribution in [0, 0.1) is 16.0 Å². The fraction of sp³-hybridized carbons (Fsp3) is 0.588. The third-order valence-corrected chi connectivity index (χ3v) is 6.61. The summed E-state index contributed by atoms with van der Waals surface area (Å²) in [5.41, 5.74) is 0.0473. The van der Waals surface area contributed by atoms with E-state index in [-0.39, 0.29) is 29.3 Å². The molecule has 0 fully saturated rings. The molecular formula is C17H24Cl3NO6Si. The summed E-state index contributed by atoms with van der Waals surface area (Å²) in [7, 11) is 2.82. The van der Waals surface area contributed by atoms with Gasteiger partial charge >= 0.3 is 12.0 Å². The van der Waals surface area contributed by atoms with Crippen molar-refractivity contribution in [2.45, 2.75) is 45.3 Å². The molecule has 0 N–H and O–H groups in total. The lowest BCUT2D eigenvalue weighted by Gasteiger charge is -2.23. The summed E-state index contributed by atoms with van der Waals surface area (Å²) in [6, 6.07) is 0.493. The lowest BCUT2D eigenvalue weighted by molar-refractivity contribution is -0.386. The van der Waals surface area contributed by atoms with E-state index in [2.05, 4.69) is 0 Å². The third kappa shape index (κ3) is 7.65. The van der Waals surface area contributed by atoms with Crippen LogP contribution in [0.3, 0.4) is 0 Å². The van der Waals surface area contributed by atoms with Crippen molar-refractivity contribution in [3.8, 4) is 11.5 Å². The van der Waals surface area contributed by atoms with Crippen LogP contribution in [0.15, 0.2) is 12.1 Å². The molecule has 0 saturated carbocycles. The number of ether oxygens (including phenoxy) is 3. The predicted octanol–water partition coefficient (Wildman–Crippen LogP) is 5.68. The monoisotopic (exact) mass is 471 g/mol. The summed E-state index contributed by atoms with van der Waals surface area (Å²) < 4.78 is 15.9. The molecule has 0 aliphatic rings. The molecule has 0 radical (unpaired) electrons. The van der Waals surface area contributed by atoms with E-state index in [4.69, 9.17) is 47.4 Å². The highest BCUT2D eigenvalue weighted by Gasteiger charge is 2.31. The number of rotatable bonds is 11. The van der Waals surface area contributed by atoms with E-state index in [1.165, 1.54) is 26.4 Å². The molecule has 0 aromatic heterocycles. The second-order valence-electron chi connectivity index (χ2n) is 6.50. The van der Waals surface area contributed by atoms with Gasteiger partial charge in [0, 0.05) is 6.42 Å². The Morgan fingerprint density at radius 1 is 1.14 bits per heavy atom. The fourth-order valence-corrected chi connectivity index (χ4v) is 4.48. The van der Waals surface area contributed by atoms with E-state index in [1.807, 2.05) is 13.8 Å². The van der Waals surface area contributed by atoms with Crippen molar-refractivity contribution in [2.75, 3.05) is 14.2 Å². The Hall–Kier alpha value is -1.22. The molecule has 11 heteroatoms. The number of nitrogens with zero attached hydrogens (tertiary/aromatic N) is 1. The number of benzene rings is 1. The number of hydrogen-bond donors (Lipinski definition) is 0. The van der Waals surface area contributed by atoms with Crippen LogP contribution in [0.25, 0.3) is 0 Å². The molecular weight excluding hydrogens is 449 g/mol. The lowest BCUT2D eigenvalue weighted by atomic mass is 9.96. The maximum atomic E-state index is 12.3. The fourth-order valence-electron chi connectivity index (χ4n) is 2.62. The molecule has 1 aromatic carbocycles.